The van der Waals surface area contributed by atoms with E-state index in [0.717, 1.165) is 7.05 Å². The van der Waals surface area contributed by atoms with Gasteiger partial charge in [0.15, 0.2) is 0 Å². The van der Waals surface area contributed by atoms with Gasteiger partial charge in [0.1, 0.15) is 12.5 Å². The molecule has 0 bridgehead atoms. The molecule has 0 spiro atoms. The summed E-state index contributed by atoms with van der Waals surface area (Å²) in [5, 5.41) is 18.9. The van der Waals surface area contributed by atoms with Crippen molar-refractivity contribution in [1.82, 2.24) is 4.41 Å². The highest BCUT2D eigenvalue weighted by atomic mass is 32.2. The molecule has 1 saturated heterocycles. The van der Waals surface area contributed by atoms with Gasteiger partial charge in [0.05, 0.1) is 12.8 Å². The minimum Gasteiger partial charge on any atom is -0.612 e. The fourth-order valence-corrected chi connectivity index (χ4v) is 2.46. The number of hydrogen-bond acceptors (Lipinski definition) is 4. The standard InChI is InChI=1S/C5H10N2O5S/c1-6-7(10)2-4(5(8)9)3-13(6,11)12/h4,7H,2-3H2,1H3,(H,8,9). The number of rotatable bonds is 1. The van der Waals surface area contributed by atoms with Crippen LogP contribution in [0, 0.1) is 11.1 Å². The fraction of sp³-hybridized carbons (Fsp3) is 0.800. The minimum absolute atomic E-state index is 0.245. The maximum absolute atomic E-state index is 11.1. The second-order valence-corrected chi connectivity index (χ2v) is 4.92. The molecule has 2 unspecified atom stereocenters. The van der Waals surface area contributed by atoms with Crippen LogP contribution >= 0.6 is 0 Å². The highest BCUT2D eigenvalue weighted by Crippen LogP contribution is 2.06. The van der Waals surface area contributed by atoms with Crippen LogP contribution in [0.4, 0.5) is 0 Å². The zero-order valence-electron chi connectivity index (χ0n) is 6.93. The molecule has 1 aliphatic rings. The first-order chi connectivity index (χ1) is 5.84. The summed E-state index contributed by atoms with van der Waals surface area (Å²) < 4.78 is 22.9. The van der Waals surface area contributed by atoms with Crippen LogP contribution in [0.15, 0.2) is 0 Å². The first-order valence-corrected chi connectivity index (χ1v) is 5.18. The molecule has 1 rings (SSSR count). The molecule has 0 aromatic heterocycles. The van der Waals surface area contributed by atoms with Crippen LogP contribution in [0.3, 0.4) is 0 Å². The highest BCUT2D eigenvalue weighted by molar-refractivity contribution is 7.88. The highest BCUT2D eigenvalue weighted by Gasteiger charge is 2.38. The Kier molecular flexibility index (Phi) is 2.57. The van der Waals surface area contributed by atoms with Gasteiger partial charge in [-0.1, -0.05) is 0 Å². The molecule has 7 nitrogen and oxygen atoms in total. The topological polar surface area (TPSA) is 102 Å². The Bertz CT molecular complexity index is 313. The molecular weight excluding hydrogens is 200 g/mol. The van der Waals surface area contributed by atoms with Crippen molar-refractivity contribution in [1.29, 1.82) is 0 Å². The lowest BCUT2D eigenvalue weighted by Gasteiger charge is -2.35. The maximum atomic E-state index is 11.1. The molecule has 0 radical (unpaired) electrons. The maximum Gasteiger partial charge on any atom is 0.313 e. The number of hydroxylamine groups is 1. The predicted molar refractivity (Wildman–Crippen MR) is 41.9 cm³/mol. The van der Waals surface area contributed by atoms with E-state index in [1.165, 1.54) is 0 Å². The Balaban J connectivity index is 2.89. The van der Waals surface area contributed by atoms with Crippen molar-refractivity contribution in [2.75, 3.05) is 19.3 Å². The van der Waals surface area contributed by atoms with Gasteiger partial charge in [0.25, 0.3) is 10.0 Å². The van der Waals surface area contributed by atoms with Gasteiger partial charge in [0, 0.05) is 0 Å². The van der Waals surface area contributed by atoms with Crippen LogP contribution in [0.5, 0.6) is 0 Å². The van der Waals surface area contributed by atoms with Crippen molar-refractivity contribution in [3.05, 3.63) is 5.21 Å². The van der Waals surface area contributed by atoms with Crippen molar-refractivity contribution in [2.45, 2.75) is 0 Å². The number of aliphatic carboxylic acids is 1. The van der Waals surface area contributed by atoms with Gasteiger partial charge in [-0.15, -0.1) is 0 Å². The van der Waals surface area contributed by atoms with Gasteiger partial charge < -0.3 is 10.3 Å². The molecule has 1 heterocycles. The zero-order valence-corrected chi connectivity index (χ0v) is 7.74. The molecule has 13 heavy (non-hydrogen) atoms. The molecule has 0 aromatic rings. The quantitative estimate of drug-likeness (QED) is 0.457. The molecule has 1 fully saturated rings. The van der Waals surface area contributed by atoms with E-state index in [1.54, 1.807) is 0 Å². The molecule has 1 aliphatic heterocycles. The predicted octanol–water partition coefficient (Wildman–Crippen LogP) is -2.74. The summed E-state index contributed by atoms with van der Waals surface area (Å²) in [6.07, 6.45) is 0. The molecule has 0 aromatic carbocycles. The Morgan fingerprint density at radius 1 is 1.69 bits per heavy atom. The molecule has 2 N–H and O–H groups in total. The van der Waals surface area contributed by atoms with Crippen LogP contribution in [-0.4, -0.2) is 43.3 Å². The minimum atomic E-state index is -3.70. The molecule has 76 valence electrons. The van der Waals surface area contributed by atoms with E-state index < -0.39 is 32.8 Å². The molecular formula is C5H10N2O5S. The molecule has 0 saturated carbocycles. The van der Waals surface area contributed by atoms with Crippen molar-refractivity contribution >= 4 is 16.0 Å². The van der Waals surface area contributed by atoms with Crippen LogP contribution < -0.4 is 5.17 Å². The van der Waals surface area contributed by atoms with Crippen molar-refractivity contribution < 1.29 is 23.5 Å². The van der Waals surface area contributed by atoms with E-state index in [0.29, 0.717) is 4.41 Å². The Labute approximate surface area is 75.1 Å². The number of carboxylic acids is 1. The van der Waals surface area contributed by atoms with E-state index >= 15 is 0 Å². The molecule has 0 aliphatic carbocycles. The number of sulfonamides is 1. The second-order valence-electron chi connectivity index (χ2n) is 2.88. The lowest BCUT2D eigenvalue weighted by molar-refractivity contribution is -0.951. The Morgan fingerprint density at radius 3 is 2.62 bits per heavy atom. The molecule has 2 atom stereocenters. The number of quaternary nitrogens is 1. The van der Waals surface area contributed by atoms with E-state index in [-0.39, 0.29) is 6.54 Å². The first-order valence-electron chi connectivity index (χ1n) is 3.57. The van der Waals surface area contributed by atoms with Gasteiger partial charge in [-0.3, -0.25) is 9.97 Å². The summed E-state index contributed by atoms with van der Waals surface area (Å²) in [5.74, 6) is -2.84. The third-order valence-corrected chi connectivity index (χ3v) is 3.81. The summed E-state index contributed by atoms with van der Waals surface area (Å²) in [5.41, 5.74) is 0. The van der Waals surface area contributed by atoms with E-state index in [2.05, 4.69) is 0 Å². The van der Waals surface area contributed by atoms with Gasteiger partial charge in [-0.05, 0) is 4.41 Å². The number of hydrogen-bond donors (Lipinski definition) is 2. The summed E-state index contributed by atoms with van der Waals surface area (Å²) in [6, 6.07) is 0. The van der Waals surface area contributed by atoms with Crippen molar-refractivity contribution in [3.63, 3.8) is 0 Å². The number of carbonyl (C=O) groups is 1. The SMILES string of the molecule is CN1[NH+]([O-])CC(C(=O)O)CS1(=O)=O. The summed E-state index contributed by atoms with van der Waals surface area (Å²) in [7, 11) is -2.57. The van der Waals surface area contributed by atoms with Crippen LogP contribution in [-0.2, 0) is 14.8 Å². The van der Waals surface area contributed by atoms with E-state index in [4.69, 9.17) is 5.11 Å². The Hall–Kier alpha value is -0.700. The first kappa shape index (κ1) is 10.4. The Morgan fingerprint density at radius 2 is 2.23 bits per heavy atom. The molecule has 0 amide bonds. The third kappa shape index (κ3) is 1.97. The monoisotopic (exact) mass is 210 g/mol. The molecule has 8 heteroatoms. The number of nitrogens with zero attached hydrogens (tertiary/aromatic N) is 1. The second kappa shape index (κ2) is 3.22. The zero-order chi connectivity index (χ0) is 10.2. The summed E-state index contributed by atoms with van der Waals surface area (Å²) >= 11 is 0. The number of carboxylic acid groups (broad SMARTS) is 1. The van der Waals surface area contributed by atoms with Crippen molar-refractivity contribution in [2.24, 2.45) is 5.92 Å². The van der Waals surface area contributed by atoms with Crippen molar-refractivity contribution in [3.8, 4) is 0 Å². The third-order valence-electron chi connectivity index (χ3n) is 1.95. The normalized spacial score (nSPS) is 34.3. The van der Waals surface area contributed by atoms with E-state index in [1.807, 2.05) is 0 Å². The van der Waals surface area contributed by atoms with Gasteiger partial charge in [-0.25, -0.2) is 8.42 Å². The van der Waals surface area contributed by atoms with Crippen LogP contribution in [0.1, 0.15) is 0 Å². The van der Waals surface area contributed by atoms with Gasteiger partial charge in [-0.2, -0.15) is 0 Å². The fourth-order valence-electron chi connectivity index (χ4n) is 1.08. The average Bonchev–Trinajstić information content (AvgIpc) is 1.99. The summed E-state index contributed by atoms with van der Waals surface area (Å²) in [4.78, 5) is 10.5. The van der Waals surface area contributed by atoms with E-state index in [9.17, 15) is 18.4 Å². The van der Waals surface area contributed by atoms with Gasteiger partial charge in [0.2, 0.25) is 0 Å². The van der Waals surface area contributed by atoms with Gasteiger partial charge >= 0.3 is 5.97 Å². The largest absolute Gasteiger partial charge is 0.612 e. The number of nitrogens with one attached hydrogen (secondary N) is 1. The smallest absolute Gasteiger partial charge is 0.313 e. The lowest BCUT2D eigenvalue weighted by Crippen LogP contribution is -3.16. The average molecular weight is 210 g/mol. The van der Waals surface area contributed by atoms with Crippen LogP contribution in [0.25, 0.3) is 0 Å². The summed E-state index contributed by atoms with van der Waals surface area (Å²) in [6.45, 7) is -0.245. The lowest BCUT2D eigenvalue weighted by atomic mass is 10.2. The van der Waals surface area contributed by atoms with Crippen LogP contribution in [0.2, 0.25) is 0 Å².